The number of likely N-dealkylation sites (N-methyl/N-ethyl adjacent to an activating group) is 1. The van der Waals surface area contributed by atoms with Gasteiger partial charge >= 0.3 is 0 Å². The molecule has 2 aromatic rings. The molecule has 19 heavy (non-hydrogen) atoms. The third-order valence-electron chi connectivity index (χ3n) is 2.62. The van der Waals surface area contributed by atoms with Crippen LogP contribution < -0.4 is 10.6 Å². The Hall–Kier alpha value is -2.02. The summed E-state index contributed by atoms with van der Waals surface area (Å²) in [7, 11) is 1.68. The number of fused-ring (bicyclic) bond motifs is 1. The molecule has 1 heterocycles. The Bertz CT molecular complexity index is 597. The Morgan fingerprint density at radius 1 is 1.42 bits per heavy atom. The van der Waals surface area contributed by atoms with Gasteiger partial charge in [0, 0.05) is 13.0 Å². The minimum Gasteiger partial charge on any atom is -0.355 e. The lowest BCUT2D eigenvalue weighted by molar-refractivity contribution is -0.120. The molecule has 1 aromatic heterocycles. The summed E-state index contributed by atoms with van der Waals surface area (Å²) in [5.74, 6) is -1.51. The largest absolute Gasteiger partial charge is 0.355 e. The summed E-state index contributed by atoms with van der Waals surface area (Å²) in [5.41, 5.74) is 0.423. The second kappa shape index (κ2) is 5.75. The van der Waals surface area contributed by atoms with Crippen molar-refractivity contribution in [1.82, 2.24) is 20.6 Å². The van der Waals surface area contributed by atoms with E-state index in [0.717, 1.165) is 6.07 Å². The van der Waals surface area contributed by atoms with E-state index in [1.165, 1.54) is 6.07 Å². The van der Waals surface area contributed by atoms with Gasteiger partial charge in [0.2, 0.25) is 5.91 Å². The first-order chi connectivity index (χ1) is 9.11. The maximum absolute atomic E-state index is 13.4. The van der Waals surface area contributed by atoms with Gasteiger partial charge in [0.05, 0.1) is 12.1 Å². The minimum absolute atomic E-state index is 0.0171. The van der Waals surface area contributed by atoms with Crippen molar-refractivity contribution in [2.45, 2.75) is 6.42 Å². The highest BCUT2D eigenvalue weighted by atomic mass is 19.2. The van der Waals surface area contributed by atoms with Crippen LogP contribution in [0.5, 0.6) is 0 Å². The number of aromatic nitrogens is 2. The normalized spacial score (nSPS) is 10.9. The number of hydrogen-bond donors (Lipinski definition) is 3. The summed E-state index contributed by atoms with van der Waals surface area (Å²) in [4.78, 5) is 18.1. The number of aromatic amines is 1. The van der Waals surface area contributed by atoms with Gasteiger partial charge in [-0.15, -0.1) is 0 Å². The highest BCUT2D eigenvalue weighted by Gasteiger charge is 2.11. The molecule has 1 amide bonds. The molecule has 0 saturated carbocycles. The molecule has 0 spiro atoms. The summed E-state index contributed by atoms with van der Waals surface area (Å²) in [6.45, 7) is 0.615. The molecular formula is C12H14F2N4O. The topological polar surface area (TPSA) is 69.8 Å². The van der Waals surface area contributed by atoms with Crippen molar-refractivity contribution < 1.29 is 13.6 Å². The number of nitrogens with zero attached hydrogens (tertiary/aromatic N) is 1. The van der Waals surface area contributed by atoms with Gasteiger partial charge in [0.15, 0.2) is 11.6 Å². The fraction of sp³-hybridized carbons (Fsp3) is 0.333. The molecule has 2 rings (SSSR count). The Kier molecular flexibility index (Phi) is 4.06. The van der Waals surface area contributed by atoms with Crippen molar-refractivity contribution >= 4 is 16.9 Å². The summed E-state index contributed by atoms with van der Waals surface area (Å²) in [6, 6.07) is 2.48. The van der Waals surface area contributed by atoms with Crippen LogP contribution in [-0.4, -0.2) is 36.0 Å². The molecule has 0 radical (unpaired) electrons. The van der Waals surface area contributed by atoms with E-state index in [0.29, 0.717) is 24.3 Å². The lowest BCUT2D eigenvalue weighted by atomic mass is 10.3. The lowest BCUT2D eigenvalue weighted by Crippen LogP contribution is -2.33. The molecule has 5 nitrogen and oxygen atoms in total. The van der Waals surface area contributed by atoms with Crippen molar-refractivity contribution in [1.29, 1.82) is 0 Å². The fourth-order valence-electron chi connectivity index (χ4n) is 1.73. The third-order valence-corrected chi connectivity index (χ3v) is 2.62. The van der Waals surface area contributed by atoms with Gasteiger partial charge in [-0.2, -0.15) is 0 Å². The number of imidazole rings is 1. The predicted octanol–water partition coefficient (Wildman–Crippen LogP) is 0.719. The molecule has 7 heteroatoms. The maximum atomic E-state index is 13.4. The van der Waals surface area contributed by atoms with Crippen molar-refractivity contribution in [3.8, 4) is 0 Å². The van der Waals surface area contributed by atoms with Gasteiger partial charge in [0.25, 0.3) is 0 Å². The number of halogens is 2. The van der Waals surface area contributed by atoms with Crippen LogP contribution in [0.1, 0.15) is 5.82 Å². The number of H-pyrrole nitrogens is 1. The standard InChI is InChI=1S/C12H14F2N4O/c1-15-6-10(19)16-5-4-9-17-8-3-2-7(13)11(14)12(8)18-9/h2-3,15H,4-6H2,1H3,(H,16,19)(H,17,18). The average molecular weight is 268 g/mol. The first-order valence-electron chi connectivity index (χ1n) is 5.85. The van der Waals surface area contributed by atoms with E-state index in [9.17, 15) is 13.6 Å². The van der Waals surface area contributed by atoms with E-state index in [-0.39, 0.29) is 18.0 Å². The third kappa shape index (κ3) is 3.05. The number of carbonyl (C=O) groups excluding carboxylic acids is 1. The van der Waals surface area contributed by atoms with Crippen molar-refractivity contribution in [3.05, 3.63) is 29.6 Å². The highest BCUT2D eigenvalue weighted by Crippen LogP contribution is 2.18. The fourth-order valence-corrected chi connectivity index (χ4v) is 1.73. The van der Waals surface area contributed by atoms with E-state index in [1.807, 2.05) is 0 Å². The van der Waals surface area contributed by atoms with Crippen LogP contribution >= 0.6 is 0 Å². The Morgan fingerprint density at radius 2 is 2.21 bits per heavy atom. The Labute approximate surface area is 108 Å². The molecule has 3 N–H and O–H groups in total. The number of amides is 1. The summed E-state index contributed by atoms with van der Waals surface area (Å²) >= 11 is 0. The summed E-state index contributed by atoms with van der Waals surface area (Å²) < 4.78 is 26.4. The molecule has 0 bridgehead atoms. The molecule has 0 atom stereocenters. The molecule has 0 unspecified atom stereocenters. The molecule has 102 valence electrons. The monoisotopic (exact) mass is 268 g/mol. The van der Waals surface area contributed by atoms with Crippen LogP contribution in [0.15, 0.2) is 12.1 Å². The van der Waals surface area contributed by atoms with E-state index < -0.39 is 11.6 Å². The number of rotatable bonds is 5. The van der Waals surface area contributed by atoms with Gasteiger partial charge in [0.1, 0.15) is 11.3 Å². The van der Waals surface area contributed by atoms with Crippen LogP contribution in [0.3, 0.4) is 0 Å². The van der Waals surface area contributed by atoms with Gasteiger partial charge < -0.3 is 15.6 Å². The van der Waals surface area contributed by atoms with Crippen molar-refractivity contribution in [2.75, 3.05) is 20.1 Å². The maximum Gasteiger partial charge on any atom is 0.233 e. The van der Waals surface area contributed by atoms with E-state index in [2.05, 4.69) is 20.6 Å². The number of carbonyl (C=O) groups is 1. The van der Waals surface area contributed by atoms with Crippen LogP contribution in [-0.2, 0) is 11.2 Å². The molecule has 0 saturated heterocycles. The number of benzene rings is 1. The molecular weight excluding hydrogens is 254 g/mol. The predicted molar refractivity (Wildman–Crippen MR) is 66.7 cm³/mol. The zero-order chi connectivity index (χ0) is 13.8. The quantitative estimate of drug-likeness (QED) is 0.748. The van der Waals surface area contributed by atoms with Gasteiger partial charge in [-0.3, -0.25) is 4.79 Å². The van der Waals surface area contributed by atoms with E-state index >= 15 is 0 Å². The number of hydrogen-bond acceptors (Lipinski definition) is 3. The van der Waals surface area contributed by atoms with E-state index in [4.69, 9.17) is 0 Å². The Morgan fingerprint density at radius 3 is 2.95 bits per heavy atom. The van der Waals surface area contributed by atoms with Crippen LogP contribution in [0.25, 0.3) is 11.0 Å². The van der Waals surface area contributed by atoms with Crippen LogP contribution in [0.4, 0.5) is 8.78 Å². The zero-order valence-corrected chi connectivity index (χ0v) is 10.4. The molecule has 0 aliphatic heterocycles. The lowest BCUT2D eigenvalue weighted by Gasteiger charge is -2.02. The number of nitrogens with one attached hydrogen (secondary N) is 3. The second-order valence-corrected chi connectivity index (χ2v) is 4.07. The molecule has 0 fully saturated rings. The summed E-state index contributed by atoms with van der Waals surface area (Å²) in [6.07, 6.45) is 0.422. The smallest absolute Gasteiger partial charge is 0.233 e. The molecule has 0 aliphatic rings. The first kappa shape index (κ1) is 13.4. The Balaban J connectivity index is 2.02. The van der Waals surface area contributed by atoms with Crippen LogP contribution in [0.2, 0.25) is 0 Å². The summed E-state index contributed by atoms with van der Waals surface area (Å²) in [5, 5.41) is 5.40. The van der Waals surface area contributed by atoms with Crippen molar-refractivity contribution in [3.63, 3.8) is 0 Å². The highest BCUT2D eigenvalue weighted by molar-refractivity contribution is 5.78. The van der Waals surface area contributed by atoms with Gasteiger partial charge in [-0.05, 0) is 19.2 Å². The van der Waals surface area contributed by atoms with Gasteiger partial charge in [-0.1, -0.05) is 0 Å². The zero-order valence-electron chi connectivity index (χ0n) is 10.4. The first-order valence-corrected chi connectivity index (χ1v) is 5.85. The average Bonchev–Trinajstić information content (AvgIpc) is 2.78. The minimum atomic E-state index is -0.959. The van der Waals surface area contributed by atoms with Crippen LogP contribution in [0, 0.1) is 11.6 Å². The molecule has 1 aromatic carbocycles. The molecule has 0 aliphatic carbocycles. The van der Waals surface area contributed by atoms with Crippen molar-refractivity contribution in [2.24, 2.45) is 0 Å². The SMILES string of the molecule is CNCC(=O)NCCc1nc2c(F)c(F)ccc2[nH]1. The van der Waals surface area contributed by atoms with Gasteiger partial charge in [-0.25, -0.2) is 13.8 Å². The van der Waals surface area contributed by atoms with E-state index in [1.54, 1.807) is 7.05 Å². The second-order valence-electron chi connectivity index (χ2n) is 4.07.